The summed E-state index contributed by atoms with van der Waals surface area (Å²) in [6, 6.07) is 7.40. The van der Waals surface area contributed by atoms with Gasteiger partial charge in [-0.1, -0.05) is 18.2 Å². The molecule has 4 nitrogen and oxygen atoms in total. The number of ether oxygens (including phenoxy) is 2. The normalized spacial score (nSPS) is 17.8. The summed E-state index contributed by atoms with van der Waals surface area (Å²) < 4.78 is 10.4. The van der Waals surface area contributed by atoms with Crippen LogP contribution in [0, 0.1) is 5.92 Å². The molecule has 1 aromatic carbocycles. The predicted molar refractivity (Wildman–Crippen MR) is 75.7 cm³/mol. The second-order valence-electron chi connectivity index (χ2n) is 4.52. The molecule has 0 saturated carbocycles. The first kappa shape index (κ1) is 16.0. The van der Waals surface area contributed by atoms with Crippen molar-refractivity contribution in [3.63, 3.8) is 0 Å². The molecule has 1 aliphatic heterocycles. The Bertz CT molecular complexity index is 405. The molecule has 0 aromatic heterocycles. The minimum atomic E-state index is -0.309. The number of rotatable bonds is 5. The molecule has 5 heteroatoms. The molecule has 0 aliphatic carbocycles. The van der Waals surface area contributed by atoms with E-state index in [9.17, 15) is 4.79 Å². The van der Waals surface area contributed by atoms with Crippen molar-refractivity contribution in [2.45, 2.75) is 13.0 Å². The number of hydrogen-bond donors (Lipinski definition) is 1. The van der Waals surface area contributed by atoms with Crippen LogP contribution in [-0.2, 0) is 16.1 Å². The zero-order valence-corrected chi connectivity index (χ0v) is 11.9. The maximum absolute atomic E-state index is 11.6. The van der Waals surface area contributed by atoms with Crippen LogP contribution >= 0.6 is 12.4 Å². The van der Waals surface area contributed by atoms with Crippen molar-refractivity contribution >= 4 is 18.4 Å². The van der Waals surface area contributed by atoms with Crippen LogP contribution in [0.25, 0.3) is 0 Å². The molecule has 0 spiro atoms. The molecule has 1 unspecified atom stereocenters. The van der Waals surface area contributed by atoms with Gasteiger partial charge in [-0.2, -0.15) is 0 Å². The van der Waals surface area contributed by atoms with Crippen LogP contribution in [0.3, 0.4) is 0 Å². The molecule has 2 rings (SSSR count). The van der Waals surface area contributed by atoms with Crippen LogP contribution < -0.4 is 5.32 Å². The van der Waals surface area contributed by atoms with Gasteiger partial charge in [-0.05, 0) is 30.5 Å². The number of carbonyl (C=O) groups excluding carboxylic acids is 1. The molecule has 1 N–H and O–H groups in total. The number of halogens is 1. The Hall–Kier alpha value is -1.10. The van der Waals surface area contributed by atoms with E-state index in [1.54, 1.807) is 6.07 Å². The Morgan fingerprint density at radius 2 is 2.21 bits per heavy atom. The highest BCUT2D eigenvalue weighted by atomic mass is 35.5. The van der Waals surface area contributed by atoms with E-state index >= 15 is 0 Å². The molecule has 1 heterocycles. The molecular formula is C14H20ClNO3. The highest BCUT2D eigenvalue weighted by Gasteiger charge is 2.15. The molecule has 19 heavy (non-hydrogen) atoms. The van der Waals surface area contributed by atoms with Gasteiger partial charge in [0.25, 0.3) is 0 Å². The lowest BCUT2D eigenvalue weighted by molar-refractivity contribution is 0.0587. The summed E-state index contributed by atoms with van der Waals surface area (Å²) in [6.45, 7) is 3.30. The van der Waals surface area contributed by atoms with Crippen LogP contribution in [0.15, 0.2) is 24.3 Å². The number of hydrogen-bond acceptors (Lipinski definition) is 4. The third-order valence-electron chi connectivity index (χ3n) is 3.20. The summed E-state index contributed by atoms with van der Waals surface area (Å²) in [7, 11) is 1.39. The van der Waals surface area contributed by atoms with Gasteiger partial charge >= 0.3 is 5.97 Å². The second kappa shape index (κ2) is 8.15. The van der Waals surface area contributed by atoms with E-state index in [-0.39, 0.29) is 18.4 Å². The average molecular weight is 286 g/mol. The zero-order chi connectivity index (χ0) is 12.8. The van der Waals surface area contributed by atoms with Gasteiger partial charge in [-0.15, -0.1) is 12.4 Å². The van der Waals surface area contributed by atoms with E-state index in [2.05, 4.69) is 5.32 Å². The van der Waals surface area contributed by atoms with Gasteiger partial charge in [0.1, 0.15) is 0 Å². The first-order valence-corrected chi connectivity index (χ1v) is 6.26. The molecule has 106 valence electrons. The lowest BCUT2D eigenvalue weighted by atomic mass is 10.1. The smallest absolute Gasteiger partial charge is 0.338 e. The summed E-state index contributed by atoms with van der Waals surface area (Å²) >= 11 is 0. The molecule has 1 saturated heterocycles. The minimum Gasteiger partial charge on any atom is -0.465 e. The SMILES string of the molecule is COC(=O)c1ccccc1COCC1CCNC1.Cl. The zero-order valence-electron chi connectivity index (χ0n) is 11.1. The molecule has 0 bridgehead atoms. The highest BCUT2D eigenvalue weighted by molar-refractivity contribution is 5.90. The first-order chi connectivity index (χ1) is 8.81. The summed E-state index contributed by atoms with van der Waals surface area (Å²) in [5, 5.41) is 3.31. The van der Waals surface area contributed by atoms with E-state index < -0.39 is 0 Å². The Balaban J connectivity index is 0.00000180. The Morgan fingerprint density at radius 1 is 1.42 bits per heavy atom. The first-order valence-electron chi connectivity index (χ1n) is 6.26. The molecule has 1 fully saturated rings. The standard InChI is InChI=1S/C14H19NO3.ClH/c1-17-14(16)13-5-3-2-4-12(13)10-18-9-11-6-7-15-8-11;/h2-5,11,15H,6-10H2,1H3;1H. The van der Waals surface area contributed by atoms with Crippen LogP contribution in [0.5, 0.6) is 0 Å². The summed E-state index contributed by atoms with van der Waals surface area (Å²) in [4.78, 5) is 11.6. The van der Waals surface area contributed by atoms with Crippen molar-refractivity contribution in [1.82, 2.24) is 5.32 Å². The largest absolute Gasteiger partial charge is 0.465 e. The van der Waals surface area contributed by atoms with Crippen molar-refractivity contribution in [1.29, 1.82) is 0 Å². The van der Waals surface area contributed by atoms with E-state index in [1.165, 1.54) is 13.5 Å². The third kappa shape index (κ3) is 4.49. The van der Waals surface area contributed by atoms with Crippen molar-refractivity contribution in [2.24, 2.45) is 5.92 Å². The fourth-order valence-corrected chi connectivity index (χ4v) is 2.15. The van der Waals surface area contributed by atoms with E-state index in [4.69, 9.17) is 9.47 Å². The fourth-order valence-electron chi connectivity index (χ4n) is 2.15. The van der Waals surface area contributed by atoms with Gasteiger partial charge in [-0.25, -0.2) is 4.79 Å². The van der Waals surface area contributed by atoms with E-state index in [0.29, 0.717) is 18.1 Å². The molecule has 1 atom stereocenters. The lowest BCUT2D eigenvalue weighted by Gasteiger charge is -2.11. The van der Waals surface area contributed by atoms with Crippen molar-refractivity contribution in [3.05, 3.63) is 35.4 Å². The molecule has 0 radical (unpaired) electrons. The monoisotopic (exact) mass is 285 g/mol. The van der Waals surface area contributed by atoms with Gasteiger partial charge < -0.3 is 14.8 Å². The van der Waals surface area contributed by atoms with Gasteiger partial charge in [0.2, 0.25) is 0 Å². The van der Waals surface area contributed by atoms with Crippen LogP contribution in [0.2, 0.25) is 0 Å². The van der Waals surface area contributed by atoms with Gasteiger partial charge in [0.05, 0.1) is 25.9 Å². The van der Waals surface area contributed by atoms with E-state index in [1.807, 2.05) is 18.2 Å². The van der Waals surface area contributed by atoms with Gasteiger partial charge in [0.15, 0.2) is 0 Å². The summed E-state index contributed by atoms with van der Waals surface area (Å²) in [5.74, 6) is 0.284. The molecule has 1 aliphatic rings. The van der Waals surface area contributed by atoms with E-state index in [0.717, 1.165) is 25.3 Å². The Kier molecular flexibility index (Phi) is 6.84. The fraction of sp³-hybridized carbons (Fsp3) is 0.500. The predicted octanol–water partition coefficient (Wildman–Crippen LogP) is 2.02. The van der Waals surface area contributed by atoms with Crippen molar-refractivity contribution in [2.75, 3.05) is 26.8 Å². The summed E-state index contributed by atoms with van der Waals surface area (Å²) in [5.41, 5.74) is 1.47. The maximum atomic E-state index is 11.6. The lowest BCUT2D eigenvalue weighted by Crippen LogP contribution is -2.14. The quantitative estimate of drug-likeness (QED) is 0.841. The van der Waals surface area contributed by atoms with Crippen molar-refractivity contribution in [3.8, 4) is 0 Å². The number of nitrogens with one attached hydrogen (secondary N) is 1. The number of carbonyl (C=O) groups is 1. The summed E-state index contributed by atoms with van der Waals surface area (Å²) in [6.07, 6.45) is 1.17. The number of benzene rings is 1. The third-order valence-corrected chi connectivity index (χ3v) is 3.20. The Labute approximate surface area is 119 Å². The minimum absolute atomic E-state index is 0. The van der Waals surface area contributed by atoms with Crippen molar-refractivity contribution < 1.29 is 14.3 Å². The topological polar surface area (TPSA) is 47.6 Å². The van der Waals surface area contributed by atoms with Gasteiger partial charge in [0, 0.05) is 6.54 Å². The second-order valence-corrected chi connectivity index (χ2v) is 4.52. The molecule has 0 amide bonds. The maximum Gasteiger partial charge on any atom is 0.338 e. The number of methoxy groups -OCH3 is 1. The van der Waals surface area contributed by atoms with Crippen LogP contribution in [-0.4, -0.2) is 32.8 Å². The Morgan fingerprint density at radius 3 is 2.89 bits per heavy atom. The average Bonchev–Trinajstić information content (AvgIpc) is 2.92. The van der Waals surface area contributed by atoms with Crippen LogP contribution in [0.1, 0.15) is 22.3 Å². The molecular weight excluding hydrogens is 266 g/mol. The van der Waals surface area contributed by atoms with Crippen LogP contribution in [0.4, 0.5) is 0 Å². The highest BCUT2D eigenvalue weighted by Crippen LogP contribution is 2.13. The van der Waals surface area contributed by atoms with Gasteiger partial charge in [-0.3, -0.25) is 0 Å². The molecule has 1 aromatic rings. The number of esters is 1.